The molecule has 3 aliphatic carbocycles. The number of benzene rings is 2. The zero-order valence-electron chi connectivity index (χ0n) is 26.8. The van der Waals surface area contributed by atoms with Crippen molar-refractivity contribution in [1.82, 2.24) is 4.90 Å². The van der Waals surface area contributed by atoms with Gasteiger partial charge in [0.2, 0.25) is 5.91 Å². The van der Waals surface area contributed by atoms with E-state index in [-0.39, 0.29) is 29.6 Å². The third-order valence-electron chi connectivity index (χ3n) is 9.81. The number of Topliss-reactive ketones (excluding diaryl/α,β-unsaturated/α-hetero) is 4. The number of aliphatic hydroxyl groups is 1. The van der Waals surface area contributed by atoms with E-state index in [2.05, 4.69) is 32.2 Å². The quantitative estimate of drug-likeness (QED) is 0.277. The van der Waals surface area contributed by atoms with Crippen LogP contribution in [0.25, 0.3) is 0 Å². The lowest BCUT2D eigenvalue weighted by atomic mass is 9.52. The molecule has 11 nitrogen and oxygen atoms in total. The minimum absolute atomic E-state index is 0.00111. The SMILES string of the molecule is CN(C)c1cc(NCc2ccccc2C(C)(C)C)c(O)c2c1C[C@@H]1C[C@@H]3[C@@H](N(C)C)C(=O)C(C(N)=O)C(=O)[C@]3(O)C(=O)C1C2=O. The molecule has 3 aliphatic rings. The van der Waals surface area contributed by atoms with Crippen LogP contribution >= 0.6 is 0 Å². The Morgan fingerprint density at radius 3 is 2.29 bits per heavy atom. The molecule has 240 valence electrons. The number of nitrogens with zero attached hydrogens (tertiary/aromatic N) is 2. The van der Waals surface area contributed by atoms with Gasteiger partial charge in [-0.05, 0) is 61.0 Å². The molecule has 0 spiro atoms. The molecule has 0 aromatic heterocycles. The van der Waals surface area contributed by atoms with Crippen LogP contribution in [-0.4, -0.2) is 84.0 Å². The number of phenolic OH excluding ortho intramolecular Hbond substituents is 1. The third-order valence-corrected chi connectivity index (χ3v) is 9.81. The van der Waals surface area contributed by atoms with E-state index in [4.69, 9.17) is 5.73 Å². The number of phenols is 1. The second kappa shape index (κ2) is 11.1. The molecule has 2 unspecified atom stereocenters. The van der Waals surface area contributed by atoms with Crippen molar-refractivity contribution in [2.75, 3.05) is 38.4 Å². The van der Waals surface area contributed by atoms with Crippen LogP contribution < -0.4 is 16.0 Å². The number of hydrogen-bond acceptors (Lipinski definition) is 10. The summed E-state index contributed by atoms with van der Waals surface area (Å²) in [6.45, 7) is 6.69. The van der Waals surface area contributed by atoms with Gasteiger partial charge < -0.3 is 26.2 Å². The van der Waals surface area contributed by atoms with Crippen LogP contribution in [0, 0.1) is 23.7 Å². The van der Waals surface area contributed by atoms with Crippen LogP contribution in [0.5, 0.6) is 5.75 Å². The minimum atomic E-state index is -2.76. The lowest BCUT2D eigenvalue weighted by molar-refractivity contribution is -0.181. The van der Waals surface area contributed by atoms with E-state index < -0.39 is 64.4 Å². The molecule has 2 fully saturated rings. The van der Waals surface area contributed by atoms with Crippen LogP contribution in [0.2, 0.25) is 0 Å². The molecule has 6 atom stereocenters. The lowest BCUT2D eigenvalue weighted by Crippen LogP contribution is -2.74. The fraction of sp³-hybridized carbons (Fsp3) is 0.500. The van der Waals surface area contributed by atoms with Crippen molar-refractivity contribution in [3.63, 3.8) is 0 Å². The van der Waals surface area contributed by atoms with E-state index in [1.165, 1.54) is 4.90 Å². The first-order valence-electron chi connectivity index (χ1n) is 15.2. The van der Waals surface area contributed by atoms with Crippen LogP contribution in [0.3, 0.4) is 0 Å². The van der Waals surface area contributed by atoms with Gasteiger partial charge in [0.1, 0.15) is 5.75 Å². The number of hydrogen-bond donors (Lipinski definition) is 4. The normalized spacial score (nSPS) is 28.0. The standard InChI is InChI=1S/C34H42N4O7/c1-33(2,3)19-11-9-8-10-16(19)15-36-21-14-22(37(4)5)18-12-17-13-20-26(38(6)7)29(41)25(32(35)44)31(43)34(20,45)30(42)23(17)28(40)24(18)27(21)39/h8-11,14,17,20,23,25-26,36,39,45H,12-13,15H2,1-7H3,(H2,35,44)/t17-,20-,23?,25?,26-,34-/m1/s1. The summed E-state index contributed by atoms with van der Waals surface area (Å²) in [5.41, 5.74) is 6.13. The van der Waals surface area contributed by atoms with Crippen LogP contribution in [0.1, 0.15) is 54.2 Å². The van der Waals surface area contributed by atoms with Gasteiger partial charge in [-0.15, -0.1) is 0 Å². The van der Waals surface area contributed by atoms with Crippen molar-refractivity contribution < 1.29 is 34.2 Å². The maximum absolute atomic E-state index is 14.3. The van der Waals surface area contributed by atoms with E-state index in [1.54, 1.807) is 20.2 Å². The number of carbonyl (C=O) groups is 5. The van der Waals surface area contributed by atoms with Gasteiger partial charge in [-0.25, -0.2) is 0 Å². The maximum Gasteiger partial charge on any atom is 0.235 e. The molecule has 0 heterocycles. The Kier molecular flexibility index (Phi) is 7.94. The molecule has 5 rings (SSSR count). The number of aromatic hydroxyl groups is 1. The fourth-order valence-corrected chi connectivity index (χ4v) is 7.78. The van der Waals surface area contributed by atoms with E-state index in [9.17, 15) is 34.2 Å². The van der Waals surface area contributed by atoms with Crippen molar-refractivity contribution >= 4 is 40.4 Å². The summed E-state index contributed by atoms with van der Waals surface area (Å²) in [6.07, 6.45) is 0.196. The number of nitrogens with one attached hydrogen (secondary N) is 1. The van der Waals surface area contributed by atoms with Gasteiger partial charge in [0.25, 0.3) is 0 Å². The maximum atomic E-state index is 14.3. The van der Waals surface area contributed by atoms with Crippen LogP contribution in [0.4, 0.5) is 11.4 Å². The number of ketones is 4. The predicted octanol–water partition coefficient (Wildman–Crippen LogP) is 1.84. The smallest absolute Gasteiger partial charge is 0.235 e. The zero-order valence-corrected chi connectivity index (χ0v) is 26.8. The van der Waals surface area contributed by atoms with Crippen LogP contribution in [0.15, 0.2) is 30.3 Å². The molecule has 2 aromatic rings. The van der Waals surface area contributed by atoms with Gasteiger partial charge in [0.15, 0.2) is 34.7 Å². The Bertz CT molecular complexity index is 1620. The number of primary amides is 1. The summed E-state index contributed by atoms with van der Waals surface area (Å²) in [6, 6.07) is 8.58. The lowest BCUT2D eigenvalue weighted by Gasteiger charge is -2.52. The first-order valence-corrected chi connectivity index (χ1v) is 15.2. The van der Waals surface area contributed by atoms with E-state index >= 15 is 0 Å². The van der Waals surface area contributed by atoms with E-state index in [1.807, 2.05) is 37.2 Å². The summed E-state index contributed by atoms with van der Waals surface area (Å²) in [5, 5.41) is 26.7. The van der Waals surface area contributed by atoms with Crippen molar-refractivity contribution in [1.29, 1.82) is 0 Å². The molecule has 0 radical (unpaired) electrons. The second-order valence-corrected chi connectivity index (χ2v) is 14.1. The zero-order chi connectivity index (χ0) is 33.3. The van der Waals surface area contributed by atoms with E-state index in [0.29, 0.717) is 23.5 Å². The van der Waals surface area contributed by atoms with Crippen molar-refractivity contribution in [2.45, 2.75) is 57.2 Å². The Morgan fingerprint density at radius 2 is 1.71 bits per heavy atom. The molecule has 11 heteroatoms. The third kappa shape index (κ3) is 4.93. The molecule has 5 N–H and O–H groups in total. The summed E-state index contributed by atoms with van der Waals surface area (Å²) >= 11 is 0. The summed E-state index contributed by atoms with van der Waals surface area (Å²) in [7, 11) is 6.76. The summed E-state index contributed by atoms with van der Waals surface area (Å²) in [5.74, 6) is -10.7. The Labute approximate surface area is 262 Å². The largest absolute Gasteiger partial charge is 0.505 e. The topological polar surface area (TPSA) is 170 Å². The number of anilines is 2. The van der Waals surface area contributed by atoms with Gasteiger partial charge in [0, 0.05) is 32.2 Å². The van der Waals surface area contributed by atoms with Gasteiger partial charge >= 0.3 is 0 Å². The van der Waals surface area contributed by atoms with Gasteiger partial charge in [0.05, 0.1) is 23.2 Å². The van der Waals surface area contributed by atoms with Gasteiger partial charge in [-0.1, -0.05) is 45.0 Å². The van der Waals surface area contributed by atoms with Gasteiger partial charge in [-0.3, -0.25) is 28.9 Å². The van der Waals surface area contributed by atoms with Crippen molar-refractivity contribution in [3.8, 4) is 5.75 Å². The Balaban J connectivity index is 1.59. The predicted molar refractivity (Wildman–Crippen MR) is 168 cm³/mol. The number of likely N-dealkylation sites (N-methyl/N-ethyl adjacent to an activating group) is 1. The summed E-state index contributed by atoms with van der Waals surface area (Å²) < 4.78 is 0. The minimum Gasteiger partial charge on any atom is -0.505 e. The second-order valence-electron chi connectivity index (χ2n) is 14.1. The number of fused-ring (bicyclic) bond motifs is 3. The highest BCUT2D eigenvalue weighted by atomic mass is 16.3. The molecule has 1 amide bonds. The molecule has 0 bridgehead atoms. The monoisotopic (exact) mass is 618 g/mol. The molecular formula is C34H42N4O7. The number of carbonyl (C=O) groups excluding carboxylic acids is 5. The average Bonchev–Trinajstić information content (AvgIpc) is 2.93. The Morgan fingerprint density at radius 1 is 1.07 bits per heavy atom. The highest BCUT2D eigenvalue weighted by molar-refractivity contribution is 6.32. The highest BCUT2D eigenvalue weighted by Gasteiger charge is 2.69. The number of rotatable bonds is 6. The highest BCUT2D eigenvalue weighted by Crippen LogP contribution is 2.52. The molecule has 2 saturated carbocycles. The first kappa shape index (κ1) is 32.3. The molecule has 2 aromatic carbocycles. The average molecular weight is 619 g/mol. The number of nitrogens with two attached hydrogens (primary N) is 1. The van der Waals surface area contributed by atoms with Gasteiger partial charge in [-0.2, -0.15) is 0 Å². The molecule has 0 aliphatic heterocycles. The molecular weight excluding hydrogens is 576 g/mol. The van der Waals surface area contributed by atoms with E-state index in [0.717, 1.165) is 11.1 Å². The molecule has 45 heavy (non-hydrogen) atoms. The van der Waals surface area contributed by atoms with Crippen molar-refractivity contribution in [3.05, 3.63) is 52.6 Å². The Hall–Kier alpha value is -4.09. The first-order chi connectivity index (χ1) is 20.9. The van der Waals surface area contributed by atoms with Crippen molar-refractivity contribution in [2.24, 2.45) is 29.4 Å². The number of amides is 1. The fourth-order valence-electron chi connectivity index (χ4n) is 7.78. The molecule has 0 saturated heterocycles. The summed E-state index contributed by atoms with van der Waals surface area (Å²) in [4.78, 5) is 70.8. The van der Waals surface area contributed by atoms with Crippen LogP contribution in [-0.2, 0) is 37.6 Å².